The standard InChI is InChI=1S/C34H28N3O.Pt/c1-34(2,3)25-21-28(23-12-11-13-24(20-23)29-17-9-10-19-35-29)32-30(22-25)37(26-14-5-4-6-15-26)33(36-32)27-16-7-8-18-31(27)38;/h4-19,21-22,38H,1-3H3;/q-1;. The molecule has 0 bridgehead atoms. The molecule has 5 heteroatoms. The number of benzene rings is 4. The van der Waals surface area contributed by atoms with Gasteiger partial charge in [-0.2, -0.15) is 0 Å². The third-order valence-corrected chi connectivity index (χ3v) is 6.81. The van der Waals surface area contributed by atoms with Crippen molar-refractivity contribution in [2.24, 2.45) is 0 Å². The van der Waals surface area contributed by atoms with E-state index >= 15 is 0 Å². The molecule has 6 aromatic rings. The van der Waals surface area contributed by atoms with Crippen LogP contribution in [-0.4, -0.2) is 19.6 Å². The molecule has 4 nitrogen and oxygen atoms in total. The van der Waals surface area contributed by atoms with Crippen LogP contribution in [0.5, 0.6) is 5.75 Å². The van der Waals surface area contributed by atoms with E-state index in [0.717, 1.165) is 39.1 Å². The van der Waals surface area contributed by atoms with Gasteiger partial charge in [0.25, 0.3) is 0 Å². The van der Waals surface area contributed by atoms with E-state index in [2.05, 4.69) is 66.7 Å². The molecule has 1 N–H and O–H groups in total. The maximum atomic E-state index is 10.8. The zero-order chi connectivity index (χ0) is 26.3. The number of imidazole rings is 1. The van der Waals surface area contributed by atoms with Crippen LogP contribution >= 0.6 is 0 Å². The predicted octanol–water partition coefficient (Wildman–Crippen LogP) is 8.22. The first-order chi connectivity index (χ1) is 18.4. The van der Waals surface area contributed by atoms with Gasteiger partial charge in [-0.3, -0.25) is 9.55 Å². The summed E-state index contributed by atoms with van der Waals surface area (Å²) in [7, 11) is 0. The quantitative estimate of drug-likeness (QED) is 0.190. The van der Waals surface area contributed by atoms with E-state index in [1.807, 2.05) is 66.7 Å². The molecular weight excluding hydrogens is 661 g/mol. The molecule has 2 heterocycles. The number of hydrogen-bond donors (Lipinski definition) is 1. The number of aromatic nitrogens is 3. The number of aromatic hydroxyl groups is 1. The Balaban J connectivity index is 0.00000308. The third kappa shape index (κ3) is 5.05. The molecule has 4 aromatic carbocycles. The molecule has 6 rings (SSSR count). The number of fused-ring (bicyclic) bond motifs is 1. The summed E-state index contributed by atoms with van der Waals surface area (Å²) in [5.41, 5.74) is 8.35. The van der Waals surface area contributed by atoms with E-state index in [-0.39, 0.29) is 32.2 Å². The van der Waals surface area contributed by atoms with Crippen molar-refractivity contribution in [3.63, 3.8) is 0 Å². The van der Waals surface area contributed by atoms with Crippen LogP contribution in [0.15, 0.2) is 109 Å². The van der Waals surface area contributed by atoms with Gasteiger partial charge in [0.1, 0.15) is 11.6 Å². The van der Waals surface area contributed by atoms with Crippen molar-refractivity contribution in [2.75, 3.05) is 0 Å². The number of nitrogens with zero attached hydrogens (tertiary/aromatic N) is 3. The SMILES string of the molecule is CC(C)(C)c1cc(-c2[c-]c(-c3ccccn3)ccc2)c2nc(-c3ccccc3O)n(-c3ccccc3)c2c1.[Pt]. The van der Waals surface area contributed by atoms with Crippen LogP contribution in [0.3, 0.4) is 0 Å². The maximum Gasteiger partial charge on any atom is 0.148 e. The van der Waals surface area contributed by atoms with Crippen LogP contribution in [-0.2, 0) is 26.5 Å². The molecule has 0 spiro atoms. The van der Waals surface area contributed by atoms with Crippen molar-refractivity contribution in [3.8, 4) is 45.2 Å². The maximum absolute atomic E-state index is 10.8. The van der Waals surface area contributed by atoms with Crippen LogP contribution in [0.25, 0.3) is 50.5 Å². The Kier molecular flexibility index (Phi) is 7.25. The van der Waals surface area contributed by atoms with Crippen molar-refractivity contribution in [2.45, 2.75) is 26.2 Å². The summed E-state index contributed by atoms with van der Waals surface area (Å²) >= 11 is 0. The molecule has 0 radical (unpaired) electrons. The summed E-state index contributed by atoms with van der Waals surface area (Å²) in [6.45, 7) is 6.66. The number of rotatable bonds is 4. The number of phenols is 1. The Labute approximate surface area is 243 Å². The summed E-state index contributed by atoms with van der Waals surface area (Å²) in [6, 6.07) is 37.7. The fourth-order valence-corrected chi connectivity index (χ4v) is 4.79. The molecule has 0 saturated heterocycles. The van der Waals surface area contributed by atoms with Gasteiger partial charge < -0.3 is 5.11 Å². The Bertz CT molecular complexity index is 1750. The van der Waals surface area contributed by atoms with Crippen molar-refractivity contribution >= 4 is 11.0 Å². The van der Waals surface area contributed by atoms with Crippen molar-refractivity contribution in [1.29, 1.82) is 0 Å². The van der Waals surface area contributed by atoms with Crippen molar-refractivity contribution in [1.82, 2.24) is 14.5 Å². The predicted molar refractivity (Wildman–Crippen MR) is 154 cm³/mol. The number of pyridine rings is 1. The molecule has 0 aliphatic heterocycles. The molecule has 0 fully saturated rings. The molecular formula is C34H28N3OPt-. The van der Waals surface area contributed by atoms with Gasteiger partial charge in [0.15, 0.2) is 0 Å². The average Bonchev–Trinajstić information content (AvgIpc) is 3.33. The molecule has 2 aromatic heterocycles. The summed E-state index contributed by atoms with van der Waals surface area (Å²) in [4.78, 5) is 9.72. The first-order valence-electron chi connectivity index (χ1n) is 12.7. The Morgan fingerprint density at radius 3 is 2.18 bits per heavy atom. The van der Waals surface area contributed by atoms with E-state index in [1.54, 1.807) is 12.3 Å². The molecule has 196 valence electrons. The summed E-state index contributed by atoms with van der Waals surface area (Å²) in [6.07, 6.45) is 1.80. The Morgan fingerprint density at radius 1 is 0.744 bits per heavy atom. The fraction of sp³-hybridized carbons (Fsp3) is 0.118. The summed E-state index contributed by atoms with van der Waals surface area (Å²) in [5.74, 6) is 0.888. The first-order valence-corrected chi connectivity index (χ1v) is 12.7. The van der Waals surface area contributed by atoms with Gasteiger partial charge in [-0.05, 0) is 47.4 Å². The minimum atomic E-state index is -0.0949. The van der Waals surface area contributed by atoms with Gasteiger partial charge in [-0.15, -0.1) is 29.8 Å². The van der Waals surface area contributed by atoms with Crippen LogP contribution in [0.2, 0.25) is 0 Å². The molecule has 0 atom stereocenters. The van der Waals surface area contributed by atoms with Gasteiger partial charge in [-0.25, -0.2) is 4.98 Å². The van der Waals surface area contributed by atoms with E-state index in [9.17, 15) is 5.11 Å². The topological polar surface area (TPSA) is 50.9 Å². The monoisotopic (exact) mass is 689 g/mol. The third-order valence-electron chi connectivity index (χ3n) is 6.81. The number of hydrogen-bond acceptors (Lipinski definition) is 3. The Hall–Kier alpha value is -4.01. The molecule has 0 aliphatic rings. The molecule has 0 saturated carbocycles. The van der Waals surface area contributed by atoms with Gasteiger partial charge >= 0.3 is 0 Å². The van der Waals surface area contributed by atoms with Crippen LogP contribution < -0.4 is 0 Å². The summed E-state index contributed by atoms with van der Waals surface area (Å²) < 4.78 is 2.14. The second kappa shape index (κ2) is 10.6. The molecule has 0 aliphatic carbocycles. The van der Waals surface area contributed by atoms with Gasteiger partial charge in [0.05, 0.1) is 16.6 Å². The number of para-hydroxylation sites is 2. The molecule has 0 amide bonds. The number of phenolic OH excluding ortho intramolecular Hbond substituents is 1. The van der Waals surface area contributed by atoms with E-state index in [0.29, 0.717) is 11.4 Å². The Morgan fingerprint density at radius 2 is 1.46 bits per heavy atom. The summed E-state index contributed by atoms with van der Waals surface area (Å²) in [5, 5.41) is 10.8. The van der Waals surface area contributed by atoms with Gasteiger partial charge in [-0.1, -0.05) is 80.4 Å². The van der Waals surface area contributed by atoms with Crippen molar-refractivity contribution in [3.05, 3.63) is 121 Å². The minimum absolute atomic E-state index is 0. The van der Waals surface area contributed by atoms with E-state index < -0.39 is 0 Å². The van der Waals surface area contributed by atoms with Crippen LogP contribution in [0, 0.1) is 6.07 Å². The smallest absolute Gasteiger partial charge is 0.148 e. The zero-order valence-electron chi connectivity index (χ0n) is 22.0. The van der Waals surface area contributed by atoms with E-state index in [4.69, 9.17) is 4.98 Å². The normalized spacial score (nSPS) is 11.4. The van der Waals surface area contributed by atoms with Crippen molar-refractivity contribution < 1.29 is 26.2 Å². The van der Waals surface area contributed by atoms with E-state index in [1.165, 1.54) is 5.56 Å². The second-order valence-corrected chi connectivity index (χ2v) is 10.5. The second-order valence-electron chi connectivity index (χ2n) is 10.5. The first kappa shape index (κ1) is 26.6. The largest absolute Gasteiger partial charge is 0.507 e. The van der Waals surface area contributed by atoms with Crippen LogP contribution in [0.1, 0.15) is 26.3 Å². The average molecular weight is 690 g/mol. The molecule has 39 heavy (non-hydrogen) atoms. The zero-order valence-corrected chi connectivity index (χ0v) is 24.3. The van der Waals surface area contributed by atoms with Crippen LogP contribution in [0.4, 0.5) is 0 Å². The fourth-order valence-electron chi connectivity index (χ4n) is 4.79. The van der Waals surface area contributed by atoms with Gasteiger partial charge in [0.2, 0.25) is 0 Å². The minimum Gasteiger partial charge on any atom is -0.507 e. The molecule has 0 unspecified atom stereocenters. The van der Waals surface area contributed by atoms with Gasteiger partial charge in [0, 0.05) is 38.6 Å².